The van der Waals surface area contributed by atoms with Gasteiger partial charge in [0, 0.05) is 6.42 Å². The van der Waals surface area contributed by atoms with Crippen molar-refractivity contribution in [1.82, 2.24) is 9.97 Å². The van der Waals surface area contributed by atoms with E-state index in [0.29, 0.717) is 18.5 Å². The standard InChI is InChI=1S/C18H22ClN3O3/c1-11(2)8-15(17(23)24)21-18-20-13(10-16(19)22-18)9-12-4-6-14(25-3)7-5-12/h4-7,10-11,15H,8-9H2,1-3H3,(H,23,24)(H,20,21,22)/t15-/m0/s1. The Morgan fingerprint density at radius 3 is 2.52 bits per heavy atom. The van der Waals surface area contributed by atoms with E-state index in [1.807, 2.05) is 38.1 Å². The number of aromatic nitrogens is 2. The Bertz CT molecular complexity index is 720. The molecule has 0 saturated heterocycles. The Morgan fingerprint density at radius 1 is 1.28 bits per heavy atom. The van der Waals surface area contributed by atoms with E-state index < -0.39 is 12.0 Å². The molecule has 0 saturated carbocycles. The number of anilines is 1. The Kier molecular flexibility index (Phi) is 6.58. The van der Waals surface area contributed by atoms with E-state index in [4.69, 9.17) is 16.3 Å². The topological polar surface area (TPSA) is 84.3 Å². The summed E-state index contributed by atoms with van der Waals surface area (Å²) in [6.07, 6.45) is 1.03. The van der Waals surface area contributed by atoms with Crippen LogP contribution in [0.3, 0.4) is 0 Å². The van der Waals surface area contributed by atoms with Crippen LogP contribution in [-0.2, 0) is 11.2 Å². The van der Waals surface area contributed by atoms with Gasteiger partial charge in [-0.15, -0.1) is 0 Å². The highest BCUT2D eigenvalue weighted by atomic mass is 35.5. The van der Waals surface area contributed by atoms with Crippen molar-refractivity contribution in [1.29, 1.82) is 0 Å². The summed E-state index contributed by atoms with van der Waals surface area (Å²) in [6.45, 7) is 3.93. The van der Waals surface area contributed by atoms with Crippen molar-refractivity contribution in [2.75, 3.05) is 12.4 Å². The number of nitrogens with zero attached hydrogens (tertiary/aromatic N) is 2. The fourth-order valence-corrected chi connectivity index (χ4v) is 2.63. The average molecular weight is 364 g/mol. The molecule has 2 aromatic rings. The number of hydrogen-bond donors (Lipinski definition) is 2. The summed E-state index contributed by atoms with van der Waals surface area (Å²) < 4.78 is 5.14. The predicted molar refractivity (Wildman–Crippen MR) is 97.3 cm³/mol. The van der Waals surface area contributed by atoms with Crippen molar-refractivity contribution in [2.45, 2.75) is 32.7 Å². The van der Waals surface area contributed by atoms with Gasteiger partial charge in [0.1, 0.15) is 16.9 Å². The molecule has 1 atom stereocenters. The maximum absolute atomic E-state index is 11.4. The van der Waals surface area contributed by atoms with Crippen LogP contribution in [0.25, 0.3) is 0 Å². The van der Waals surface area contributed by atoms with Crippen LogP contribution < -0.4 is 10.1 Å². The van der Waals surface area contributed by atoms with Crippen LogP contribution in [-0.4, -0.2) is 34.2 Å². The lowest BCUT2D eigenvalue weighted by molar-refractivity contribution is -0.138. The van der Waals surface area contributed by atoms with E-state index in [9.17, 15) is 9.90 Å². The van der Waals surface area contributed by atoms with Gasteiger partial charge in [-0.2, -0.15) is 0 Å². The first-order valence-corrected chi connectivity index (χ1v) is 8.41. The fraction of sp³-hybridized carbons (Fsp3) is 0.389. The van der Waals surface area contributed by atoms with Gasteiger partial charge >= 0.3 is 5.97 Å². The molecule has 2 rings (SSSR count). The molecule has 0 amide bonds. The van der Waals surface area contributed by atoms with Gasteiger partial charge in [0.05, 0.1) is 12.8 Å². The van der Waals surface area contributed by atoms with Crippen molar-refractivity contribution in [3.05, 3.63) is 46.7 Å². The van der Waals surface area contributed by atoms with Crippen molar-refractivity contribution < 1.29 is 14.6 Å². The Hall–Kier alpha value is -2.34. The molecule has 7 heteroatoms. The van der Waals surface area contributed by atoms with Gasteiger partial charge in [0.2, 0.25) is 5.95 Å². The molecule has 1 aromatic carbocycles. The summed E-state index contributed by atoms with van der Waals surface area (Å²) in [6, 6.07) is 8.56. The second-order valence-electron chi connectivity index (χ2n) is 6.20. The molecule has 2 N–H and O–H groups in total. The van der Waals surface area contributed by atoms with E-state index in [2.05, 4.69) is 15.3 Å². The number of hydrogen-bond acceptors (Lipinski definition) is 5. The van der Waals surface area contributed by atoms with Gasteiger partial charge in [-0.3, -0.25) is 0 Å². The Labute approximate surface area is 152 Å². The monoisotopic (exact) mass is 363 g/mol. The number of aliphatic carboxylic acids is 1. The van der Waals surface area contributed by atoms with Crippen LogP contribution in [0.2, 0.25) is 5.15 Å². The molecular weight excluding hydrogens is 342 g/mol. The smallest absolute Gasteiger partial charge is 0.326 e. The largest absolute Gasteiger partial charge is 0.497 e. The number of halogens is 1. The van der Waals surface area contributed by atoms with Crippen molar-refractivity contribution >= 4 is 23.5 Å². The first-order chi connectivity index (χ1) is 11.9. The third-order valence-corrected chi connectivity index (χ3v) is 3.79. The average Bonchev–Trinajstić information content (AvgIpc) is 2.54. The minimum atomic E-state index is -0.936. The maximum Gasteiger partial charge on any atom is 0.326 e. The second-order valence-corrected chi connectivity index (χ2v) is 6.58. The third kappa shape index (κ3) is 5.90. The van der Waals surface area contributed by atoms with Gasteiger partial charge in [-0.25, -0.2) is 14.8 Å². The summed E-state index contributed by atoms with van der Waals surface area (Å²) in [4.78, 5) is 19.9. The summed E-state index contributed by atoms with van der Waals surface area (Å²) in [5.41, 5.74) is 1.75. The zero-order chi connectivity index (χ0) is 18.4. The van der Waals surface area contributed by atoms with Crippen LogP contribution in [0.15, 0.2) is 30.3 Å². The third-order valence-electron chi connectivity index (χ3n) is 3.60. The molecule has 0 radical (unpaired) electrons. The number of carbonyl (C=O) groups is 1. The summed E-state index contributed by atoms with van der Waals surface area (Å²) in [7, 11) is 1.62. The predicted octanol–water partition coefficient (Wildman–Crippen LogP) is 3.64. The first-order valence-electron chi connectivity index (χ1n) is 8.03. The highest BCUT2D eigenvalue weighted by Gasteiger charge is 2.20. The molecule has 25 heavy (non-hydrogen) atoms. The van der Waals surface area contributed by atoms with Crippen LogP contribution in [0.1, 0.15) is 31.5 Å². The molecule has 1 aromatic heterocycles. The molecule has 0 spiro atoms. The molecule has 1 heterocycles. The minimum Gasteiger partial charge on any atom is -0.497 e. The Balaban J connectivity index is 2.16. The van der Waals surface area contributed by atoms with Crippen LogP contribution in [0.4, 0.5) is 5.95 Å². The normalized spacial score (nSPS) is 12.0. The Morgan fingerprint density at radius 2 is 1.96 bits per heavy atom. The van der Waals surface area contributed by atoms with E-state index in [1.165, 1.54) is 0 Å². The number of benzene rings is 1. The van der Waals surface area contributed by atoms with Crippen molar-refractivity contribution in [2.24, 2.45) is 5.92 Å². The molecule has 6 nitrogen and oxygen atoms in total. The molecule has 0 aliphatic rings. The van der Waals surface area contributed by atoms with Gasteiger partial charge < -0.3 is 15.2 Å². The number of carboxylic acid groups (broad SMARTS) is 1. The zero-order valence-electron chi connectivity index (χ0n) is 14.5. The van der Waals surface area contributed by atoms with Gasteiger partial charge in [-0.05, 0) is 36.1 Å². The quantitative estimate of drug-likeness (QED) is 0.696. The van der Waals surface area contributed by atoms with Gasteiger partial charge in [-0.1, -0.05) is 37.6 Å². The number of carboxylic acids is 1. The van der Waals surface area contributed by atoms with Crippen LogP contribution in [0.5, 0.6) is 5.75 Å². The molecule has 0 aliphatic carbocycles. The van der Waals surface area contributed by atoms with Crippen LogP contribution >= 0.6 is 11.6 Å². The van der Waals surface area contributed by atoms with E-state index in [-0.39, 0.29) is 17.0 Å². The minimum absolute atomic E-state index is 0.226. The van der Waals surface area contributed by atoms with E-state index in [1.54, 1.807) is 13.2 Å². The number of ether oxygens (including phenoxy) is 1. The lowest BCUT2D eigenvalue weighted by Crippen LogP contribution is -2.31. The SMILES string of the molecule is COc1ccc(Cc2cc(Cl)nc(N[C@@H](CC(C)C)C(=O)O)n2)cc1. The molecule has 0 unspecified atom stereocenters. The highest BCUT2D eigenvalue weighted by Crippen LogP contribution is 2.18. The number of methoxy groups -OCH3 is 1. The number of rotatable bonds is 8. The van der Waals surface area contributed by atoms with E-state index >= 15 is 0 Å². The lowest BCUT2D eigenvalue weighted by Gasteiger charge is -2.17. The summed E-state index contributed by atoms with van der Waals surface area (Å²) in [5, 5.41) is 12.5. The van der Waals surface area contributed by atoms with Crippen LogP contribution in [0, 0.1) is 5.92 Å². The lowest BCUT2D eigenvalue weighted by atomic mass is 10.0. The molecule has 0 fully saturated rings. The number of nitrogens with one attached hydrogen (secondary N) is 1. The molecular formula is C18H22ClN3O3. The molecule has 0 bridgehead atoms. The van der Waals surface area contributed by atoms with Crippen molar-refractivity contribution in [3.8, 4) is 5.75 Å². The highest BCUT2D eigenvalue weighted by molar-refractivity contribution is 6.29. The van der Waals surface area contributed by atoms with Crippen molar-refractivity contribution in [3.63, 3.8) is 0 Å². The summed E-state index contributed by atoms with van der Waals surface area (Å²) in [5.74, 6) is 0.300. The first kappa shape index (κ1) is 19.0. The molecule has 0 aliphatic heterocycles. The maximum atomic E-state index is 11.4. The zero-order valence-corrected chi connectivity index (χ0v) is 15.2. The fourth-order valence-electron chi connectivity index (χ4n) is 2.42. The summed E-state index contributed by atoms with van der Waals surface area (Å²) >= 11 is 6.07. The van der Waals surface area contributed by atoms with E-state index in [0.717, 1.165) is 11.3 Å². The van der Waals surface area contributed by atoms with Gasteiger partial charge in [0.15, 0.2) is 0 Å². The van der Waals surface area contributed by atoms with Gasteiger partial charge in [0.25, 0.3) is 0 Å². The molecule has 134 valence electrons. The second kappa shape index (κ2) is 8.67.